The Morgan fingerprint density at radius 1 is 1.50 bits per heavy atom. The summed E-state index contributed by atoms with van der Waals surface area (Å²) in [5.41, 5.74) is 5.93. The number of nitrogens with two attached hydrogens (primary N) is 1. The predicted octanol–water partition coefficient (Wildman–Crippen LogP) is 1.52. The van der Waals surface area contributed by atoms with E-state index < -0.39 is 0 Å². The summed E-state index contributed by atoms with van der Waals surface area (Å²) in [5.74, 6) is 1.48. The number of carbonyl (C=O) groups excluding carboxylic acids is 1. The molecular weight excluding hydrogens is 220 g/mol. The molecule has 3 N–H and O–H groups in total. The highest BCUT2D eigenvalue weighted by molar-refractivity contribution is 8.00. The maximum absolute atomic E-state index is 12.0. The van der Waals surface area contributed by atoms with Gasteiger partial charge in [0.15, 0.2) is 0 Å². The van der Waals surface area contributed by atoms with Gasteiger partial charge in [-0.05, 0) is 38.4 Å². The van der Waals surface area contributed by atoms with Crippen LogP contribution in [-0.2, 0) is 4.79 Å². The molecule has 4 heteroatoms. The molecule has 3 atom stereocenters. The molecule has 1 aliphatic heterocycles. The first-order chi connectivity index (χ1) is 7.61. The lowest BCUT2D eigenvalue weighted by molar-refractivity contribution is -0.125. The molecule has 2 fully saturated rings. The molecule has 1 saturated heterocycles. The lowest BCUT2D eigenvalue weighted by Crippen LogP contribution is -2.43. The topological polar surface area (TPSA) is 55.1 Å². The third kappa shape index (κ3) is 2.72. The minimum absolute atomic E-state index is 0.0648. The average molecular weight is 242 g/mol. The van der Waals surface area contributed by atoms with E-state index >= 15 is 0 Å². The summed E-state index contributed by atoms with van der Waals surface area (Å²) in [6.45, 7) is 3.05. The van der Waals surface area contributed by atoms with Crippen molar-refractivity contribution in [1.29, 1.82) is 0 Å². The van der Waals surface area contributed by atoms with Crippen molar-refractivity contribution in [3.8, 4) is 0 Å². The molecule has 2 aliphatic rings. The first kappa shape index (κ1) is 12.2. The first-order valence-electron chi connectivity index (χ1n) is 6.28. The van der Waals surface area contributed by atoms with Crippen molar-refractivity contribution < 1.29 is 4.79 Å². The Morgan fingerprint density at radius 3 is 2.88 bits per heavy atom. The summed E-state index contributed by atoms with van der Waals surface area (Å²) in [4.78, 5) is 12.0. The van der Waals surface area contributed by atoms with E-state index in [-0.39, 0.29) is 22.6 Å². The monoisotopic (exact) mass is 242 g/mol. The third-order valence-corrected chi connectivity index (χ3v) is 5.38. The molecule has 1 aliphatic carbocycles. The Morgan fingerprint density at radius 2 is 2.31 bits per heavy atom. The third-order valence-electron chi connectivity index (χ3n) is 3.84. The van der Waals surface area contributed by atoms with Gasteiger partial charge in [-0.3, -0.25) is 4.79 Å². The summed E-state index contributed by atoms with van der Waals surface area (Å²) in [7, 11) is 0. The number of nitrogens with one attached hydrogen (secondary N) is 1. The van der Waals surface area contributed by atoms with Crippen LogP contribution in [0, 0.1) is 5.92 Å². The van der Waals surface area contributed by atoms with Gasteiger partial charge >= 0.3 is 0 Å². The number of carbonyl (C=O) groups is 1. The molecule has 0 aromatic rings. The van der Waals surface area contributed by atoms with E-state index in [4.69, 9.17) is 5.73 Å². The number of rotatable bonds is 3. The summed E-state index contributed by atoms with van der Waals surface area (Å²) in [6.07, 6.45) is 5.57. The van der Waals surface area contributed by atoms with Crippen LogP contribution in [0.1, 0.15) is 39.0 Å². The van der Waals surface area contributed by atoms with Crippen LogP contribution in [0.4, 0.5) is 0 Å². The molecule has 2 rings (SSSR count). The Kier molecular flexibility index (Phi) is 3.80. The normalized spacial score (nSPS) is 38.9. The Labute approximate surface area is 102 Å². The zero-order chi connectivity index (χ0) is 11.6. The van der Waals surface area contributed by atoms with Crippen LogP contribution in [-0.4, -0.2) is 29.0 Å². The second kappa shape index (κ2) is 4.96. The number of thioether (sulfide) groups is 1. The zero-order valence-corrected chi connectivity index (χ0v) is 10.8. The molecule has 1 saturated carbocycles. The summed E-state index contributed by atoms with van der Waals surface area (Å²) in [5, 5.41) is 3.10. The van der Waals surface area contributed by atoms with Crippen LogP contribution >= 0.6 is 11.8 Å². The van der Waals surface area contributed by atoms with E-state index in [0.29, 0.717) is 0 Å². The highest BCUT2D eigenvalue weighted by Gasteiger charge is 2.33. The highest BCUT2D eigenvalue weighted by atomic mass is 32.2. The van der Waals surface area contributed by atoms with E-state index in [1.54, 1.807) is 0 Å². The largest absolute Gasteiger partial charge is 0.354 e. The minimum atomic E-state index is 0.0648. The molecule has 16 heavy (non-hydrogen) atoms. The summed E-state index contributed by atoms with van der Waals surface area (Å²) in [6, 6.07) is 0.0871. The van der Waals surface area contributed by atoms with Crippen molar-refractivity contribution in [3.63, 3.8) is 0 Å². The Bertz CT molecular complexity index is 264. The standard InChI is InChI=1S/C12H22N2OS/c1-12(6-3-7-16-12)8-14-11(15)9-4-2-5-10(9)13/h9-10H,2-8,13H2,1H3,(H,14,15). The lowest BCUT2D eigenvalue weighted by Gasteiger charge is -2.24. The molecule has 0 spiro atoms. The van der Waals surface area contributed by atoms with Crippen molar-refractivity contribution >= 4 is 17.7 Å². The zero-order valence-electron chi connectivity index (χ0n) is 10.00. The van der Waals surface area contributed by atoms with Crippen molar-refractivity contribution in [2.24, 2.45) is 11.7 Å². The second-order valence-corrected chi connectivity index (χ2v) is 7.00. The maximum atomic E-state index is 12.0. The molecule has 0 aromatic heterocycles. The van der Waals surface area contributed by atoms with Gasteiger partial charge in [0.1, 0.15) is 0 Å². The van der Waals surface area contributed by atoms with Crippen molar-refractivity contribution in [2.75, 3.05) is 12.3 Å². The predicted molar refractivity (Wildman–Crippen MR) is 68.4 cm³/mol. The number of hydrogen-bond donors (Lipinski definition) is 2. The average Bonchev–Trinajstić information content (AvgIpc) is 2.85. The SMILES string of the molecule is CC1(CNC(=O)C2CCCC2N)CCCS1. The Balaban J connectivity index is 1.79. The van der Waals surface area contributed by atoms with E-state index in [0.717, 1.165) is 25.8 Å². The fourth-order valence-electron chi connectivity index (χ4n) is 2.70. The smallest absolute Gasteiger partial charge is 0.224 e. The van der Waals surface area contributed by atoms with E-state index in [2.05, 4.69) is 12.2 Å². The molecule has 3 unspecified atom stereocenters. The molecule has 3 nitrogen and oxygen atoms in total. The quantitative estimate of drug-likeness (QED) is 0.789. The minimum Gasteiger partial charge on any atom is -0.354 e. The molecule has 0 bridgehead atoms. The van der Waals surface area contributed by atoms with Crippen molar-refractivity contribution in [1.82, 2.24) is 5.32 Å². The van der Waals surface area contributed by atoms with Gasteiger partial charge in [-0.1, -0.05) is 6.42 Å². The molecule has 1 heterocycles. The molecular formula is C12H22N2OS. The Hall–Kier alpha value is -0.220. The van der Waals surface area contributed by atoms with Crippen LogP contribution in [0.2, 0.25) is 0 Å². The number of amides is 1. The fourth-order valence-corrected chi connectivity index (χ4v) is 3.94. The fraction of sp³-hybridized carbons (Fsp3) is 0.917. The number of hydrogen-bond acceptors (Lipinski definition) is 3. The van der Waals surface area contributed by atoms with Gasteiger partial charge in [-0.15, -0.1) is 0 Å². The highest BCUT2D eigenvalue weighted by Crippen LogP contribution is 2.37. The van der Waals surface area contributed by atoms with E-state index in [1.165, 1.54) is 18.6 Å². The van der Waals surface area contributed by atoms with Crippen molar-refractivity contribution in [3.05, 3.63) is 0 Å². The van der Waals surface area contributed by atoms with Gasteiger partial charge in [0, 0.05) is 17.3 Å². The van der Waals surface area contributed by atoms with Gasteiger partial charge < -0.3 is 11.1 Å². The second-order valence-electron chi connectivity index (χ2n) is 5.32. The summed E-state index contributed by atoms with van der Waals surface area (Å²) >= 11 is 1.98. The van der Waals surface area contributed by atoms with E-state index in [9.17, 15) is 4.79 Å². The van der Waals surface area contributed by atoms with Crippen LogP contribution in [0.3, 0.4) is 0 Å². The first-order valence-corrected chi connectivity index (χ1v) is 7.27. The van der Waals surface area contributed by atoms with Crippen molar-refractivity contribution in [2.45, 2.75) is 49.8 Å². The maximum Gasteiger partial charge on any atom is 0.224 e. The lowest BCUT2D eigenvalue weighted by atomic mass is 10.0. The molecule has 92 valence electrons. The molecule has 0 radical (unpaired) electrons. The van der Waals surface area contributed by atoms with E-state index in [1.807, 2.05) is 11.8 Å². The van der Waals surface area contributed by atoms with Gasteiger partial charge in [-0.2, -0.15) is 11.8 Å². The van der Waals surface area contributed by atoms with Crippen LogP contribution in [0.15, 0.2) is 0 Å². The van der Waals surface area contributed by atoms with Gasteiger partial charge in [0.25, 0.3) is 0 Å². The molecule has 1 amide bonds. The van der Waals surface area contributed by atoms with Crippen LogP contribution in [0.25, 0.3) is 0 Å². The van der Waals surface area contributed by atoms with Gasteiger partial charge in [0.2, 0.25) is 5.91 Å². The molecule has 0 aromatic carbocycles. The van der Waals surface area contributed by atoms with Crippen LogP contribution in [0.5, 0.6) is 0 Å². The van der Waals surface area contributed by atoms with Gasteiger partial charge in [0.05, 0.1) is 5.92 Å². The van der Waals surface area contributed by atoms with Gasteiger partial charge in [-0.25, -0.2) is 0 Å². The van der Waals surface area contributed by atoms with Crippen LogP contribution < -0.4 is 11.1 Å². The summed E-state index contributed by atoms with van der Waals surface area (Å²) < 4.78 is 0.262.